The van der Waals surface area contributed by atoms with Gasteiger partial charge < -0.3 is 10.5 Å². The third-order valence-electron chi connectivity index (χ3n) is 3.05. The number of ether oxygens (including phenoxy) is 1. The van der Waals surface area contributed by atoms with E-state index >= 15 is 0 Å². The highest BCUT2D eigenvalue weighted by atomic mass is 32.2. The molecule has 0 aliphatic carbocycles. The van der Waals surface area contributed by atoms with Crippen LogP contribution in [0.3, 0.4) is 0 Å². The van der Waals surface area contributed by atoms with Crippen LogP contribution in [0.2, 0.25) is 0 Å². The average molecular weight is 310 g/mol. The van der Waals surface area contributed by atoms with Crippen molar-refractivity contribution in [3.05, 3.63) is 36.0 Å². The number of methoxy groups -OCH3 is 1. The van der Waals surface area contributed by atoms with Crippen LogP contribution in [0.25, 0.3) is 0 Å². The van der Waals surface area contributed by atoms with Crippen LogP contribution in [-0.4, -0.2) is 25.3 Å². The van der Waals surface area contributed by atoms with E-state index in [1.165, 1.54) is 10.9 Å². The van der Waals surface area contributed by atoms with Crippen LogP contribution in [0.5, 0.6) is 5.75 Å². The van der Waals surface area contributed by atoms with E-state index in [9.17, 15) is 8.42 Å². The topological polar surface area (TPSA) is 99.2 Å². The van der Waals surface area contributed by atoms with E-state index < -0.39 is 16.1 Å². The molecule has 114 valence electrons. The van der Waals surface area contributed by atoms with Gasteiger partial charge in [-0.15, -0.1) is 0 Å². The van der Waals surface area contributed by atoms with Crippen LogP contribution < -0.4 is 15.2 Å². The Morgan fingerprint density at radius 1 is 1.38 bits per heavy atom. The van der Waals surface area contributed by atoms with Crippen molar-refractivity contribution in [2.24, 2.45) is 7.05 Å². The van der Waals surface area contributed by atoms with Crippen LogP contribution >= 0.6 is 0 Å². The summed E-state index contributed by atoms with van der Waals surface area (Å²) < 4.78 is 33.9. The van der Waals surface area contributed by atoms with Gasteiger partial charge in [0.1, 0.15) is 10.6 Å². The summed E-state index contributed by atoms with van der Waals surface area (Å²) in [6.45, 7) is 1.74. The lowest BCUT2D eigenvalue weighted by Gasteiger charge is -2.16. The van der Waals surface area contributed by atoms with Crippen molar-refractivity contribution in [2.45, 2.75) is 17.9 Å². The maximum atomic E-state index is 12.4. The summed E-state index contributed by atoms with van der Waals surface area (Å²) in [5.74, 6) is 0.587. The Morgan fingerprint density at radius 2 is 2.05 bits per heavy atom. The minimum absolute atomic E-state index is 0.0303. The minimum atomic E-state index is -3.76. The highest BCUT2D eigenvalue weighted by Crippen LogP contribution is 2.26. The molecule has 2 aromatic rings. The molecule has 1 aromatic heterocycles. The first-order valence-electron chi connectivity index (χ1n) is 6.29. The van der Waals surface area contributed by atoms with E-state index in [1.807, 2.05) is 12.1 Å². The van der Waals surface area contributed by atoms with Crippen molar-refractivity contribution >= 4 is 15.8 Å². The second kappa shape index (κ2) is 5.74. The molecule has 1 aromatic carbocycles. The molecular weight excluding hydrogens is 292 g/mol. The Hall–Kier alpha value is -2.06. The number of nitrogens with zero attached hydrogens (tertiary/aromatic N) is 2. The fourth-order valence-electron chi connectivity index (χ4n) is 2.07. The molecular formula is C13H18N4O3S. The number of benzene rings is 1. The molecule has 0 bridgehead atoms. The van der Waals surface area contributed by atoms with Crippen molar-refractivity contribution in [2.75, 3.05) is 12.8 Å². The molecule has 2 rings (SSSR count). The monoisotopic (exact) mass is 310 g/mol. The SMILES string of the molecule is COc1ccccc1C(C)NS(=O)(=O)c1cn(C)nc1N. The zero-order valence-corrected chi connectivity index (χ0v) is 12.9. The Labute approximate surface area is 123 Å². The maximum absolute atomic E-state index is 12.4. The first kappa shape index (κ1) is 15.3. The molecule has 3 N–H and O–H groups in total. The Balaban J connectivity index is 2.30. The van der Waals surface area contributed by atoms with Gasteiger partial charge in [-0.25, -0.2) is 13.1 Å². The number of aryl methyl sites for hydroxylation is 1. The number of aromatic nitrogens is 2. The van der Waals surface area contributed by atoms with E-state index in [0.29, 0.717) is 5.75 Å². The molecule has 0 radical (unpaired) electrons. The van der Waals surface area contributed by atoms with Crippen molar-refractivity contribution in [1.29, 1.82) is 0 Å². The number of nitrogens with two attached hydrogens (primary N) is 1. The summed E-state index contributed by atoms with van der Waals surface area (Å²) in [4.78, 5) is -0.0354. The largest absolute Gasteiger partial charge is 0.496 e. The molecule has 21 heavy (non-hydrogen) atoms. The average Bonchev–Trinajstić information content (AvgIpc) is 2.78. The van der Waals surface area contributed by atoms with Crippen LogP contribution in [0.1, 0.15) is 18.5 Å². The van der Waals surface area contributed by atoms with Crippen molar-refractivity contribution in [3.8, 4) is 5.75 Å². The molecule has 0 aliphatic rings. The molecule has 8 heteroatoms. The van der Waals surface area contributed by atoms with Crippen molar-refractivity contribution in [3.63, 3.8) is 0 Å². The molecule has 1 atom stereocenters. The number of rotatable bonds is 5. The van der Waals surface area contributed by atoms with Gasteiger partial charge >= 0.3 is 0 Å². The van der Waals surface area contributed by atoms with Crippen LogP contribution in [0.15, 0.2) is 35.4 Å². The van der Waals surface area contributed by atoms with Crippen molar-refractivity contribution < 1.29 is 13.2 Å². The fourth-order valence-corrected chi connectivity index (χ4v) is 3.40. The number of nitrogens with one attached hydrogen (secondary N) is 1. The van der Waals surface area contributed by atoms with Gasteiger partial charge in [0.05, 0.1) is 7.11 Å². The molecule has 7 nitrogen and oxygen atoms in total. The molecule has 0 fully saturated rings. The zero-order chi connectivity index (χ0) is 15.6. The lowest BCUT2D eigenvalue weighted by atomic mass is 10.1. The molecule has 0 saturated heterocycles. The molecule has 0 amide bonds. The third kappa shape index (κ3) is 3.17. The second-order valence-electron chi connectivity index (χ2n) is 4.64. The second-order valence-corrected chi connectivity index (χ2v) is 6.32. The Bertz CT molecular complexity index is 740. The highest BCUT2D eigenvalue weighted by Gasteiger charge is 2.24. The van der Waals surface area contributed by atoms with Gasteiger partial charge in [-0.05, 0) is 13.0 Å². The minimum Gasteiger partial charge on any atom is -0.496 e. The van der Waals surface area contributed by atoms with Gasteiger partial charge in [0, 0.05) is 24.8 Å². The van der Waals surface area contributed by atoms with E-state index in [-0.39, 0.29) is 10.7 Å². The summed E-state index contributed by atoms with van der Waals surface area (Å²) in [7, 11) is -0.605. The van der Waals surface area contributed by atoms with E-state index in [1.54, 1.807) is 33.2 Å². The molecule has 0 aliphatic heterocycles. The normalized spacial score (nSPS) is 13.1. The van der Waals surface area contributed by atoms with Gasteiger partial charge in [0.25, 0.3) is 0 Å². The number of hydrogen-bond donors (Lipinski definition) is 2. The molecule has 0 spiro atoms. The van der Waals surface area contributed by atoms with Gasteiger partial charge in [0.2, 0.25) is 10.0 Å². The zero-order valence-electron chi connectivity index (χ0n) is 12.1. The predicted octanol–water partition coefficient (Wildman–Crippen LogP) is 1.05. The Kier molecular flexibility index (Phi) is 4.19. The van der Waals surface area contributed by atoms with Gasteiger partial charge in [-0.1, -0.05) is 18.2 Å². The van der Waals surface area contributed by atoms with Gasteiger partial charge in [0.15, 0.2) is 5.82 Å². The number of nitrogen functional groups attached to an aromatic ring is 1. The maximum Gasteiger partial charge on any atom is 0.246 e. The number of hydrogen-bond acceptors (Lipinski definition) is 5. The first-order chi connectivity index (χ1) is 9.85. The predicted molar refractivity (Wildman–Crippen MR) is 79.4 cm³/mol. The van der Waals surface area contributed by atoms with E-state index in [4.69, 9.17) is 10.5 Å². The summed E-state index contributed by atoms with van der Waals surface area (Å²) in [5, 5.41) is 3.84. The molecule has 1 heterocycles. The highest BCUT2D eigenvalue weighted by molar-refractivity contribution is 7.89. The van der Waals surface area contributed by atoms with Crippen LogP contribution in [0.4, 0.5) is 5.82 Å². The third-order valence-corrected chi connectivity index (χ3v) is 4.61. The van der Waals surface area contributed by atoms with E-state index in [2.05, 4.69) is 9.82 Å². The lowest BCUT2D eigenvalue weighted by Crippen LogP contribution is -2.27. The number of para-hydroxylation sites is 1. The number of anilines is 1. The summed E-state index contributed by atoms with van der Waals surface area (Å²) in [6, 6.07) is 6.76. The number of sulfonamides is 1. The van der Waals surface area contributed by atoms with Crippen molar-refractivity contribution in [1.82, 2.24) is 14.5 Å². The first-order valence-corrected chi connectivity index (χ1v) is 7.78. The molecule has 1 unspecified atom stereocenters. The smallest absolute Gasteiger partial charge is 0.246 e. The fraction of sp³-hybridized carbons (Fsp3) is 0.308. The quantitative estimate of drug-likeness (QED) is 0.860. The standard InChI is InChI=1S/C13H18N4O3S/c1-9(10-6-4-5-7-11(10)20-3)16-21(18,19)12-8-17(2)15-13(12)14/h4-9,16H,1-3H3,(H2,14,15). The van der Waals surface area contributed by atoms with Gasteiger partial charge in [-0.3, -0.25) is 4.68 Å². The lowest BCUT2D eigenvalue weighted by molar-refractivity contribution is 0.405. The van der Waals surface area contributed by atoms with Gasteiger partial charge in [-0.2, -0.15) is 5.10 Å². The summed E-state index contributed by atoms with van der Waals surface area (Å²) in [6.07, 6.45) is 1.37. The van der Waals surface area contributed by atoms with Crippen LogP contribution in [-0.2, 0) is 17.1 Å². The van der Waals surface area contributed by atoms with E-state index in [0.717, 1.165) is 5.56 Å². The molecule has 0 saturated carbocycles. The Morgan fingerprint density at radius 3 is 2.62 bits per heavy atom. The summed E-state index contributed by atoms with van der Waals surface area (Å²) >= 11 is 0. The van der Waals surface area contributed by atoms with Crippen LogP contribution in [0, 0.1) is 0 Å². The summed E-state index contributed by atoms with van der Waals surface area (Å²) in [5.41, 5.74) is 6.36.